The van der Waals surface area contributed by atoms with Gasteiger partial charge in [-0.2, -0.15) is 0 Å². The highest BCUT2D eigenvalue weighted by atomic mass is 16.5. The zero-order chi connectivity index (χ0) is 15.6. The third-order valence-corrected chi connectivity index (χ3v) is 3.19. The summed E-state index contributed by atoms with van der Waals surface area (Å²) in [5, 5.41) is 0. The van der Waals surface area contributed by atoms with Crippen LogP contribution in [-0.2, 0) is 9.53 Å². The van der Waals surface area contributed by atoms with Gasteiger partial charge >= 0.3 is 5.97 Å². The Morgan fingerprint density at radius 1 is 0.762 bits per heavy atom. The predicted molar refractivity (Wildman–Crippen MR) is 88.6 cm³/mol. The second-order valence-corrected chi connectivity index (χ2v) is 5.15. The van der Waals surface area contributed by atoms with E-state index in [9.17, 15) is 4.79 Å². The quantitative estimate of drug-likeness (QED) is 0.326. The molecule has 0 radical (unpaired) electrons. The minimum absolute atomic E-state index is 0.155. The van der Waals surface area contributed by atoms with Gasteiger partial charge in [-0.25, -0.2) is 0 Å². The third-order valence-electron chi connectivity index (χ3n) is 3.19. The molecule has 0 saturated carbocycles. The minimum atomic E-state index is -0.155. The van der Waals surface area contributed by atoms with E-state index < -0.39 is 0 Å². The molecule has 0 aliphatic heterocycles. The summed E-state index contributed by atoms with van der Waals surface area (Å²) in [6.45, 7) is 2.24. The van der Waals surface area contributed by atoms with Crippen LogP contribution in [0.5, 0.6) is 0 Å². The van der Waals surface area contributed by atoms with Crippen molar-refractivity contribution in [1.29, 1.82) is 0 Å². The van der Waals surface area contributed by atoms with Crippen LogP contribution in [0.25, 0.3) is 0 Å². The zero-order valence-corrected chi connectivity index (χ0v) is 13.8. The first-order valence-corrected chi connectivity index (χ1v) is 8.29. The Morgan fingerprint density at radius 3 is 1.90 bits per heavy atom. The Balaban J connectivity index is 3.31. The van der Waals surface area contributed by atoms with E-state index in [-0.39, 0.29) is 5.97 Å². The Hall–Kier alpha value is -1.41. The van der Waals surface area contributed by atoms with Crippen molar-refractivity contribution in [2.45, 2.75) is 84.0 Å². The largest absolute Gasteiger partial charge is 0.469 e. The monoisotopic (exact) mass is 290 g/mol. The van der Waals surface area contributed by atoms with Crippen molar-refractivity contribution in [2.24, 2.45) is 0 Å². The summed E-state index contributed by atoms with van der Waals surface area (Å²) < 4.78 is 4.56. The van der Waals surface area contributed by atoms with E-state index in [4.69, 9.17) is 0 Å². The second kappa shape index (κ2) is 16.6. The fourth-order valence-electron chi connectivity index (χ4n) is 1.90. The molecule has 0 aliphatic carbocycles. The predicted octanol–water partition coefficient (Wildman–Crippen LogP) is 4.87. The molecule has 118 valence electrons. The summed E-state index contributed by atoms with van der Waals surface area (Å²) in [7, 11) is 1.41. The van der Waals surface area contributed by atoms with E-state index in [0.717, 1.165) is 32.1 Å². The molecule has 0 spiro atoms. The summed E-state index contributed by atoms with van der Waals surface area (Å²) >= 11 is 0. The van der Waals surface area contributed by atoms with Gasteiger partial charge in [0.25, 0.3) is 0 Å². The number of rotatable bonds is 10. The molecular weight excluding hydrogens is 260 g/mol. The molecule has 0 amide bonds. The highest BCUT2D eigenvalue weighted by Crippen LogP contribution is 2.06. The Labute approximate surface area is 131 Å². The van der Waals surface area contributed by atoms with Crippen LogP contribution in [0, 0.1) is 23.7 Å². The molecular formula is C19H30O2. The lowest BCUT2D eigenvalue weighted by atomic mass is 10.1. The maximum atomic E-state index is 10.9. The molecule has 0 unspecified atom stereocenters. The average Bonchev–Trinajstić information content (AvgIpc) is 2.50. The van der Waals surface area contributed by atoms with Crippen LogP contribution in [-0.4, -0.2) is 13.1 Å². The van der Waals surface area contributed by atoms with Gasteiger partial charge in [0, 0.05) is 32.1 Å². The number of carbonyl (C=O) groups excluding carboxylic acids is 1. The molecule has 2 heteroatoms. The van der Waals surface area contributed by atoms with Crippen molar-refractivity contribution in [3.63, 3.8) is 0 Å². The molecule has 0 aliphatic rings. The van der Waals surface area contributed by atoms with E-state index >= 15 is 0 Å². The number of esters is 1. The highest BCUT2D eigenvalue weighted by Gasteiger charge is 1.96. The lowest BCUT2D eigenvalue weighted by molar-refractivity contribution is -0.140. The van der Waals surface area contributed by atoms with Crippen LogP contribution >= 0.6 is 0 Å². The van der Waals surface area contributed by atoms with Crippen LogP contribution < -0.4 is 0 Å². The second-order valence-electron chi connectivity index (χ2n) is 5.15. The molecule has 0 rings (SSSR count). The molecule has 0 N–H and O–H groups in total. The van der Waals surface area contributed by atoms with Crippen LogP contribution in [0.1, 0.15) is 84.0 Å². The number of hydrogen-bond donors (Lipinski definition) is 0. The summed E-state index contributed by atoms with van der Waals surface area (Å²) in [5.74, 6) is 12.4. The average molecular weight is 290 g/mol. The van der Waals surface area contributed by atoms with Gasteiger partial charge < -0.3 is 4.74 Å². The van der Waals surface area contributed by atoms with Crippen molar-refractivity contribution in [3.05, 3.63) is 0 Å². The lowest BCUT2D eigenvalue weighted by Gasteiger charge is -1.96. The van der Waals surface area contributed by atoms with Crippen LogP contribution in [0.15, 0.2) is 0 Å². The van der Waals surface area contributed by atoms with Gasteiger partial charge in [0.15, 0.2) is 0 Å². The molecule has 0 saturated heterocycles. The molecule has 0 fully saturated rings. The molecule has 0 aromatic carbocycles. The van der Waals surface area contributed by atoms with E-state index in [1.165, 1.54) is 45.6 Å². The molecule has 2 nitrogen and oxygen atoms in total. The zero-order valence-electron chi connectivity index (χ0n) is 13.8. The summed E-state index contributed by atoms with van der Waals surface area (Å²) in [5.41, 5.74) is 0. The maximum Gasteiger partial charge on any atom is 0.305 e. The highest BCUT2D eigenvalue weighted by molar-refractivity contribution is 5.69. The topological polar surface area (TPSA) is 26.3 Å². The van der Waals surface area contributed by atoms with E-state index in [0.29, 0.717) is 6.42 Å². The number of methoxy groups -OCH3 is 1. The molecule has 0 atom stereocenters. The van der Waals surface area contributed by atoms with E-state index in [1.807, 2.05) is 0 Å². The van der Waals surface area contributed by atoms with Gasteiger partial charge in [0.2, 0.25) is 0 Å². The molecule has 21 heavy (non-hydrogen) atoms. The fourth-order valence-corrected chi connectivity index (χ4v) is 1.90. The molecule has 0 aromatic heterocycles. The van der Waals surface area contributed by atoms with Gasteiger partial charge in [-0.3, -0.25) is 4.79 Å². The van der Waals surface area contributed by atoms with Gasteiger partial charge in [-0.1, -0.05) is 39.0 Å². The molecule has 0 heterocycles. The van der Waals surface area contributed by atoms with Crippen molar-refractivity contribution in [1.82, 2.24) is 0 Å². The van der Waals surface area contributed by atoms with Crippen molar-refractivity contribution in [3.8, 4) is 23.7 Å². The van der Waals surface area contributed by atoms with Crippen LogP contribution in [0.4, 0.5) is 0 Å². The first-order chi connectivity index (χ1) is 10.3. The normalized spacial score (nSPS) is 9.24. The summed E-state index contributed by atoms with van der Waals surface area (Å²) in [4.78, 5) is 10.9. The lowest BCUT2D eigenvalue weighted by Crippen LogP contribution is -1.98. The first-order valence-electron chi connectivity index (χ1n) is 8.29. The van der Waals surface area contributed by atoms with Crippen molar-refractivity contribution >= 4 is 5.97 Å². The fraction of sp³-hybridized carbons (Fsp3) is 0.737. The number of carbonyl (C=O) groups is 1. The standard InChI is InChI=1S/C19H30O2/c1-3-4-5-6-7-8-9-10-11-12-13-14-15-16-17-18-19(20)21-2/h3-9,12-13,16-18H2,1-2H3. The Kier molecular flexibility index (Phi) is 15.5. The molecule has 0 bridgehead atoms. The number of unbranched alkanes of at least 4 members (excludes halogenated alkanes) is 8. The first kappa shape index (κ1) is 19.6. The summed E-state index contributed by atoms with van der Waals surface area (Å²) in [6, 6.07) is 0. The van der Waals surface area contributed by atoms with Crippen LogP contribution in [0.3, 0.4) is 0 Å². The van der Waals surface area contributed by atoms with Gasteiger partial charge in [-0.15, -0.1) is 23.7 Å². The van der Waals surface area contributed by atoms with E-state index in [1.54, 1.807) is 0 Å². The van der Waals surface area contributed by atoms with Gasteiger partial charge in [0.1, 0.15) is 0 Å². The molecule has 0 aromatic rings. The van der Waals surface area contributed by atoms with Crippen molar-refractivity contribution in [2.75, 3.05) is 7.11 Å². The third kappa shape index (κ3) is 16.5. The summed E-state index contributed by atoms with van der Waals surface area (Å²) in [6.07, 6.45) is 12.7. The van der Waals surface area contributed by atoms with Crippen molar-refractivity contribution < 1.29 is 9.53 Å². The van der Waals surface area contributed by atoms with Gasteiger partial charge in [0.05, 0.1) is 7.11 Å². The Morgan fingerprint density at radius 2 is 1.29 bits per heavy atom. The number of hydrogen-bond acceptors (Lipinski definition) is 2. The Bertz CT molecular complexity index is 362. The SMILES string of the molecule is CCCCCCCCC#CCCC#CCCCC(=O)OC. The maximum absolute atomic E-state index is 10.9. The van der Waals surface area contributed by atoms with Crippen LogP contribution in [0.2, 0.25) is 0 Å². The minimum Gasteiger partial charge on any atom is -0.469 e. The van der Waals surface area contributed by atoms with Gasteiger partial charge in [-0.05, 0) is 12.8 Å². The number of ether oxygens (including phenoxy) is 1. The van der Waals surface area contributed by atoms with E-state index in [2.05, 4.69) is 35.3 Å². The smallest absolute Gasteiger partial charge is 0.305 e.